The highest BCUT2D eigenvalue weighted by atomic mass is 79.9. The van der Waals surface area contributed by atoms with E-state index in [1.165, 1.54) is 0 Å². The summed E-state index contributed by atoms with van der Waals surface area (Å²) in [5.41, 5.74) is 1.10. The van der Waals surface area contributed by atoms with Crippen molar-refractivity contribution in [2.45, 2.75) is 25.6 Å². The van der Waals surface area contributed by atoms with E-state index in [1.54, 1.807) is 6.20 Å². The van der Waals surface area contributed by atoms with Gasteiger partial charge in [-0.2, -0.15) is 5.10 Å². The molecule has 0 amide bonds. The second-order valence-electron chi connectivity index (χ2n) is 4.59. The van der Waals surface area contributed by atoms with Gasteiger partial charge in [0.2, 0.25) is 0 Å². The highest BCUT2D eigenvalue weighted by molar-refractivity contribution is 9.10. The van der Waals surface area contributed by atoms with Gasteiger partial charge in [0, 0.05) is 12.2 Å². The van der Waals surface area contributed by atoms with Gasteiger partial charge in [0.1, 0.15) is 0 Å². The monoisotopic (exact) mass is 323 g/mol. The second-order valence-corrected chi connectivity index (χ2v) is 5.51. The molecule has 2 atom stereocenters. The van der Waals surface area contributed by atoms with Crippen molar-refractivity contribution >= 4 is 15.9 Å². The number of halogens is 1. The lowest BCUT2D eigenvalue weighted by molar-refractivity contribution is 0.230. The molecule has 0 unspecified atom stereocenters. The molecule has 5 heteroatoms. The molecule has 0 radical (unpaired) electrons. The average molecular weight is 324 g/mol. The van der Waals surface area contributed by atoms with E-state index in [9.17, 15) is 5.11 Å². The second kappa shape index (κ2) is 6.84. The van der Waals surface area contributed by atoms with E-state index in [1.807, 2.05) is 41.2 Å². The van der Waals surface area contributed by atoms with Crippen LogP contribution in [0.5, 0.6) is 0 Å². The Hall–Kier alpha value is -1.17. The van der Waals surface area contributed by atoms with Crippen LogP contribution in [-0.4, -0.2) is 27.5 Å². The molecule has 1 heterocycles. The van der Waals surface area contributed by atoms with E-state index in [4.69, 9.17) is 0 Å². The molecular formula is C14H18BrN3O. The van der Waals surface area contributed by atoms with Crippen molar-refractivity contribution in [3.8, 4) is 0 Å². The minimum atomic E-state index is -0.0461. The third kappa shape index (κ3) is 4.16. The Labute approximate surface area is 121 Å². The topological polar surface area (TPSA) is 50.1 Å². The van der Waals surface area contributed by atoms with Gasteiger partial charge in [-0.25, -0.2) is 0 Å². The van der Waals surface area contributed by atoms with Crippen molar-refractivity contribution in [2.75, 3.05) is 6.61 Å². The Bertz CT molecular complexity index is 500. The van der Waals surface area contributed by atoms with E-state index in [2.05, 4.69) is 33.3 Å². The fourth-order valence-corrected chi connectivity index (χ4v) is 2.38. The Morgan fingerprint density at radius 3 is 2.68 bits per heavy atom. The molecule has 2 rings (SSSR count). The first-order valence-electron chi connectivity index (χ1n) is 6.29. The molecule has 0 saturated carbocycles. The summed E-state index contributed by atoms with van der Waals surface area (Å²) in [5.74, 6) is 0. The van der Waals surface area contributed by atoms with E-state index >= 15 is 0 Å². The van der Waals surface area contributed by atoms with Gasteiger partial charge in [0.15, 0.2) is 0 Å². The van der Waals surface area contributed by atoms with Gasteiger partial charge < -0.3 is 10.4 Å². The molecule has 0 saturated heterocycles. The minimum Gasteiger partial charge on any atom is -0.394 e. The molecular weight excluding hydrogens is 306 g/mol. The number of aliphatic hydroxyl groups excluding tert-OH is 1. The van der Waals surface area contributed by atoms with Gasteiger partial charge in [0.25, 0.3) is 0 Å². The van der Waals surface area contributed by atoms with E-state index < -0.39 is 0 Å². The lowest BCUT2D eigenvalue weighted by Crippen LogP contribution is -2.35. The first kappa shape index (κ1) is 14.2. The van der Waals surface area contributed by atoms with Crippen LogP contribution in [0.4, 0.5) is 0 Å². The zero-order valence-electron chi connectivity index (χ0n) is 10.8. The van der Waals surface area contributed by atoms with Crippen LogP contribution in [0.15, 0.2) is 47.2 Å². The van der Waals surface area contributed by atoms with Crippen molar-refractivity contribution < 1.29 is 5.11 Å². The smallest absolute Gasteiger partial charge is 0.0632 e. The minimum absolute atomic E-state index is 0.0461. The molecule has 2 aromatic rings. The van der Waals surface area contributed by atoms with Crippen LogP contribution >= 0.6 is 15.9 Å². The fraction of sp³-hybridized carbons (Fsp3) is 0.357. The quantitative estimate of drug-likeness (QED) is 0.858. The largest absolute Gasteiger partial charge is 0.394 e. The Morgan fingerprint density at radius 1 is 1.37 bits per heavy atom. The zero-order chi connectivity index (χ0) is 13.7. The van der Waals surface area contributed by atoms with Crippen LogP contribution in [0.2, 0.25) is 0 Å². The predicted octanol–water partition coefficient (Wildman–Crippen LogP) is 2.36. The first-order chi connectivity index (χ1) is 9.19. The van der Waals surface area contributed by atoms with Gasteiger partial charge in [0.05, 0.1) is 29.9 Å². The van der Waals surface area contributed by atoms with Crippen LogP contribution < -0.4 is 5.32 Å². The summed E-state index contributed by atoms with van der Waals surface area (Å²) >= 11 is 3.38. The molecule has 102 valence electrons. The van der Waals surface area contributed by atoms with Crippen LogP contribution in [0.3, 0.4) is 0 Å². The van der Waals surface area contributed by atoms with Crippen molar-refractivity contribution in [1.29, 1.82) is 0 Å². The summed E-state index contributed by atoms with van der Waals surface area (Å²) in [5, 5.41) is 17.1. The number of aromatic nitrogens is 2. The van der Waals surface area contributed by atoms with Gasteiger partial charge in [-0.05, 0) is 28.4 Å². The predicted molar refractivity (Wildman–Crippen MR) is 78.8 cm³/mol. The fourth-order valence-electron chi connectivity index (χ4n) is 2.05. The number of benzene rings is 1. The first-order valence-corrected chi connectivity index (χ1v) is 7.08. The standard InChI is InChI=1S/C14H18BrN3O/c1-11(8-18-9-13(15)7-16-18)17-14(10-19)12-5-3-2-4-6-12/h2-7,9,11,14,17,19H,8,10H2,1H3/t11-,14-/m1/s1. The summed E-state index contributed by atoms with van der Waals surface area (Å²) in [6, 6.07) is 10.1. The maximum Gasteiger partial charge on any atom is 0.0632 e. The van der Waals surface area contributed by atoms with Gasteiger partial charge in [-0.3, -0.25) is 4.68 Å². The number of hydrogen-bond donors (Lipinski definition) is 2. The zero-order valence-corrected chi connectivity index (χ0v) is 12.4. The molecule has 19 heavy (non-hydrogen) atoms. The summed E-state index contributed by atoms with van der Waals surface area (Å²) in [6.45, 7) is 2.92. The normalized spacial score (nSPS) is 14.3. The summed E-state index contributed by atoms with van der Waals surface area (Å²) < 4.78 is 2.85. The molecule has 0 spiro atoms. The SMILES string of the molecule is C[C@H](Cn1cc(Br)cn1)N[C@H](CO)c1ccccc1. The van der Waals surface area contributed by atoms with Gasteiger partial charge >= 0.3 is 0 Å². The van der Waals surface area contributed by atoms with E-state index in [0.717, 1.165) is 16.6 Å². The summed E-state index contributed by atoms with van der Waals surface area (Å²) in [6.07, 6.45) is 3.71. The Morgan fingerprint density at radius 2 is 2.11 bits per heavy atom. The maximum absolute atomic E-state index is 9.51. The molecule has 1 aromatic carbocycles. The summed E-state index contributed by atoms with van der Waals surface area (Å²) in [4.78, 5) is 0. The molecule has 0 aliphatic carbocycles. The third-order valence-corrected chi connectivity index (χ3v) is 3.34. The van der Waals surface area contributed by atoms with Crippen molar-refractivity contribution in [3.63, 3.8) is 0 Å². The van der Waals surface area contributed by atoms with Crippen LogP contribution in [0.1, 0.15) is 18.5 Å². The summed E-state index contributed by atoms with van der Waals surface area (Å²) in [7, 11) is 0. The van der Waals surface area contributed by atoms with Crippen molar-refractivity contribution in [3.05, 3.63) is 52.8 Å². The van der Waals surface area contributed by atoms with E-state index in [0.29, 0.717) is 0 Å². The number of nitrogens with one attached hydrogen (secondary N) is 1. The maximum atomic E-state index is 9.51. The van der Waals surface area contributed by atoms with Crippen LogP contribution in [0, 0.1) is 0 Å². The molecule has 4 nitrogen and oxygen atoms in total. The highest BCUT2D eigenvalue weighted by Gasteiger charge is 2.13. The van der Waals surface area contributed by atoms with Crippen LogP contribution in [-0.2, 0) is 6.54 Å². The van der Waals surface area contributed by atoms with Crippen molar-refractivity contribution in [1.82, 2.24) is 15.1 Å². The van der Waals surface area contributed by atoms with E-state index in [-0.39, 0.29) is 18.7 Å². The molecule has 0 aliphatic heterocycles. The molecule has 0 bridgehead atoms. The highest BCUT2D eigenvalue weighted by Crippen LogP contribution is 2.13. The molecule has 0 aliphatic rings. The Kier molecular flexibility index (Phi) is 5.13. The number of aliphatic hydroxyl groups is 1. The van der Waals surface area contributed by atoms with Crippen LogP contribution in [0.25, 0.3) is 0 Å². The number of hydrogen-bond acceptors (Lipinski definition) is 3. The van der Waals surface area contributed by atoms with Crippen molar-refractivity contribution in [2.24, 2.45) is 0 Å². The lowest BCUT2D eigenvalue weighted by Gasteiger charge is -2.22. The van der Waals surface area contributed by atoms with Gasteiger partial charge in [-0.15, -0.1) is 0 Å². The number of nitrogens with zero attached hydrogens (tertiary/aromatic N) is 2. The molecule has 0 fully saturated rings. The Balaban J connectivity index is 1.95. The molecule has 1 aromatic heterocycles. The lowest BCUT2D eigenvalue weighted by atomic mass is 10.1. The molecule has 2 N–H and O–H groups in total. The van der Waals surface area contributed by atoms with Gasteiger partial charge in [-0.1, -0.05) is 30.3 Å². The average Bonchev–Trinajstić information content (AvgIpc) is 2.82. The number of rotatable bonds is 6. The third-order valence-electron chi connectivity index (χ3n) is 2.93.